The zero-order valence-electron chi connectivity index (χ0n) is 39.2. The van der Waals surface area contributed by atoms with E-state index in [1.54, 1.807) is 24.3 Å². The van der Waals surface area contributed by atoms with Gasteiger partial charge in [-0.1, -0.05) is 173 Å². The van der Waals surface area contributed by atoms with Crippen molar-refractivity contribution in [1.29, 1.82) is 0 Å². The van der Waals surface area contributed by atoms with E-state index in [1.165, 1.54) is 96.3 Å². The third-order valence-electron chi connectivity index (χ3n) is 11.6. The van der Waals surface area contributed by atoms with Crippen LogP contribution in [0.5, 0.6) is 0 Å². The Morgan fingerprint density at radius 3 is 1.79 bits per heavy atom. The van der Waals surface area contributed by atoms with Crippen LogP contribution in [0.1, 0.15) is 187 Å². The first-order chi connectivity index (χ1) is 29.2. The van der Waals surface area contributed by atoms with Crippen molar-refractivity contribution in [3.63, 3.8) is 0 Å². The summed E-state index contributed by atoms with van der Waals surface area (Å²) < 4.78 is 33.9. The van der Waals surface area contributed by atoms with Gasteiger partial charge >= 0.3 is 11.9 Å². The Morgan fingerprint density at radius 2 is 1.25 bits per heavy atom. The summed E-state index contributed by atoms with van der Waals surface area (Å²) in [7, 11) is 1.00. The minimum Gasteiger partial charge on any atom is -0.756 e. The van der Waals surface area contributed by atoms with E-state index in [0.717, 1.165) is 38.5 Å². The fourth-order valence-corrected chi connectivity index (χ4v) is 8.42. The van der Waals surface area contributed by atoms with Crippen LogP contribution in [-0.4, -0.2) is 104 Å². The number of carbonyl (C=O) groups excluding carboxylic acids is 2. The first kappa shape index (κ1) is 57.4. The lowest BCUT2D eigenvalue weighted by Gasteiger charge is -2.28. The fraction of sp³-hybridized carbons (Fsp3) is 0.875. The number of allylic oxidation sites excluding steroid dienone is 1. The van der Waals surface area contributed by atoms with Crippen LogP contribution in [0.2, 0.25) is 0 Å². The lowest BCUT2D eigenvalue weighted by atomic mass is 9.89. The van der Waals surface area contributed by atoms with Gasteiger partial charge in [-0.15, -0.1) is 0 Å². The Hall–Kier alpha value is -1.63. The Labute approximate surface area is 371 Å². The van der Waals surface area contributed by atoms with Gasteiger partial charge in [-0.3, -0.25) is 14.2 Å². The summed E-state index contributed by atoms with van der Waals surface area (Å²) in [5, 5.41) is 31.4. The van der Waals surface area contributed by atoms with Crippen molar-refractivity contribution in [1.82, 2.24) is 0 Å². The highest BCUT2D eigenvalue weighted by Crippen LogP contribution is 2.39. The molecule has 1 rings (SSSR count). The molecule has 0 aromatic carbocycles. The molecule has 0 aromatic heterocycles. The van der Waals surface area contributed by atoms with Crippen molar-refractivity contribution >= 4 is 19.8 Å². The first-order valence-corrected chi connectivity index (χ1v) is 25.8. The Bertz CT molecular complexity index is 1210. The summed E-state index contributed by atoms with van der Waals surface area (Å²) in [6.45, 7) is 3.77. The second-order valence-electron chi connectivity index (χ2n) is 18.5. The van der Waals surface area contributed by atoms with Crippen LogP contribution in [0.3, 0.4) is 0 Å². The Kier molecular flexibility index (Phi) is 33.6. The van der Waals surface area contributed by atoms with Gasteiger partial charge in [0.2, 0.25) is 0 Å². The SMILES string of the molecule is CCCCCCCCCCCCCCCCCCCCCC(=O)O[C@H](COC(=O)C/C=C\C[C@H]1[C@@H](/C=C/[C@H](O)CCCCC)[C@H](O)C[C@@H]1O)COP(=O)([O-])OCC[N+](C)(C)C. The number of aliphatic hydroxyl groups excluding tert-OH is 3. The third kappa shape index (κ3) is 32.7. The molecular weight excluding hydrogens is 797 g/mol. The molecule has 1 unspecified atom stereocenters. The average Bonchev–Trinajstić information content (AvgIpc) is 3.47. The van der Waals surface area contributed by atoms with E-state index in [9.17, 15) is 34.4 Å². The highest BCUT2D eigenvalue weighted by Gasteiger charge is 2.39. The van der Waals surface area contributed by atoms with Crippen LogP contribution in [0.25, 0.3) is 0 Å². The van der Waals surface area contributed by atoms with E-state index in [2.05, 4.69) is 13.8 Å². The van der Waals surface area contributed by atoms with Crippen molar-refractivity contribution in [3.05, 3.63) is 24.3 Å². The summed E-state index contributed by atoms with van der Waals surface area (Å²) in [6, 6.07) is 0. The molecule has 1 fully saturated rings. The molecule has 358 valence electrons. The molecule has 1 saturated carbocycles. The molecular formula is C48H90NO11P. The number of unbranched alkanes of at least 4 members (excludes halogenated alkanes) is 20. The molecule has 1 aliphatic carbocycles. The van der Waals surface area contributed by atoms with Gasteiger partial charge in [-0.25, -0.2) is 0 Å². The van der Waals surface area contributed by atoms with E-state index in [-0.39, 0.29) is 37.7 Å². The number of hydrogen-bond donors (Lipinski definition) is 3. The molecule has 0 spiro atoms. The number of ether oxygens (including phenoxy) is 2. The zero-order valence-corrected chi connectivity index (χ0v) is 40.1. The van der Waals surface area contributed by atoms with Crippen molar-refractivity contribution in [2.24, 2.45) is 11.8 Å². The van der Waals surface area contributed by atoms with Gasteiger partial charge in [0, 0.05) is 18.8 Å². The molecule has 0 saturated heterocycles. The number of esters is 2. The largest absolute Gasteiger partial charge is 0.756 e. The summed E-state index contributed by atoms with van der Waals surface area (Å²) in [5.41, 5.74) is 0. The van der Waals surface area contributed by atoms with E-state index in [1.807, 2.05) is 21.1 Å². The summed E-state index contributed by atoms with van der Waals surface area (Å²) >= 11 is 0. The quantitative estimate of drug-likeness (QED) is 0.0176. The zero-order chi connectivity index (χ0) is 45.2. The maximum absolute atomic E-state index is 12.8. The van der Waals surface area contributed by atoms with Crippen molar-refractivity contribution < 1.29 is 57.4 Å². The number of rotatable bonds is 40. The van der Waals surface area contributed by atoms with E-state index in [0.29, 0.717) is 30.3 Å². The highest BCUT2D eigenvalue weighted by atomic mass is 31.2. The van der Waals surface area contributed by atoms with Gasteiger partial charge < -0.3 is 43.2 Å². The summed E-state index contributed by atoms with van der Waals surface area (Å²) in [6.07, 6.45) is 31.9. The smallest absolute Gasteiger partial charge is 0.309 e. The van der Waals surface area contributed by atoms with Gasteiger partial charge in [0.05, 0.1) is 52.5 Å². The van der Waals surface area contributed by atoms with E-state index in [4.69, 9.17) is 18.5 Å². The van der Waals surface area contributed by atoms with E-state index >= 15 is 0 Å². The van der Waals surface area contributed by atoms with Gasteiger partial charge in [0.15, 0.2) is 6.10 Å². The van der Waals surface area contributed by atoms with Crippen LogP contribution < -0.4 is 4.89 Å². The number of nitrogens with zero attached hydrogens (tertiary/aromatic N) is 1. The van der Waals surface area contributed by atoms with Gasteiger partial charge in [0.25, 0.3) is 7.82 Å². The van der Waals surface area contributed by atoms with Crippen molar-refractivity contribution in [2.75, 3.05) is 47.5 Å². The first-order valence-electron chi connectivity index (χ1n) is 24.3. The summed E-state index contributed by atoms with van der Waals surface area (Å²) in [5.74, 6) is -1.73. The van der Waals surface area contributed by atoms with Crippen LogP contribution >= 0.6 is 7.82 Å². The second-order valence-corrected chi connectivity index (χ2v) is 19.9. The number of aliphatic hydroxyl groups is 3. The van der Waals surface area contributed by atoms with Gasteiger partial charge in [-0.05, 0) is 25.2 Å². The molecule has 3 N–H and O–H groups in total. The molecule has 0 amide bonds. The predicted molar refractivity (Wildman–Crippen MR) is 243 cm³/mol. The fourth-order valence-electron chi connectivity index (χ4n) is 7.69. The molecule has 1 aliphatic rings. The molecule has 7 atom stereocenters. The Balaban J connectivity index is 2.46. The van der Waals surface area contributed by atoms with E-state index < -0.39 is 57.4 Å². The number of hydrogen-bond acceptors (Lipinski definition) is 11. The maximum atomic E-state index is 12.8. The minimum absolute atomic E-state index is 0.0790. The monoisotopic (exact) mass is 888 g/mol. The van der Waals surface area contributed by atoms with Crippen LogP contribution in [-0.2, 0) is 32.7 Å². The number of phosphoric ester groups is 1. The number of likely N-dealkylation sites (N-methyl/N-ethyl adjacent to an activating group) is 1. The van der Waals surface area contributed by atoms with Crippen LogP contribution in [0.15, 0.2) is 24.3 Å². The lowest BCUT2D eigenvalue weighted by molar-refractivity contribution is -0.870. The van der Waals surface area contributed by atoms with Crippen molar-refractivity contribution in [3.8, 4) is 0 Å². The standard InChI is InChI=1S/C48H90NO11P/c1-6-8-10-11-12-13-14-15-16-17-18-19-20-21-22-23-24-25-27-33-48(54)60-42(40-59-61(55,56)58-37-36-49(3,4)5)39-57-47(53)32-29-28-31-43-44(46(52)38-45(43)51)35-34-41(50)30-26-9-7-2/h28-29,34-35,41-46,50-52H,6-27,30-33,36-40H2,1-5H3/b29-28-,35-34+/t41-,42-,43+,44-,45+,46-/m1/s1. The number of carbonyl (C=O) groups is 2. The number of quaternary nitrogens is 1. The van der Waals surface area contributed by atoms with Crippen LogP contribution in [0.4, 0.5) is 0 Å². The summed E-state index contributed by atoms with van der Waals surface area (Å²) in [4.78, 5) is 37.9. The molecule has 13 heteroatoms. The Morgan fingerprint density at radius 1 is 0.721 bits per heavy atom. The minimum atomic E-state index is -4.71. The predicted octanol–water partition coefficient (Wildman–Crippen LogP) is 9.66. The molecule has 0 aliphatic heterocycles. The molecule has 0 radical (unpaired) electrons. The topological polar surface area (TPSA) is 172 Å². The normalized spacial score (nSPS) is 20.3. The third-order valence-corrected chi connectivity index (χ3v) is 12.5. The van der Waals surface area contributed by atoms with Crippen LogP contribution in [0, 0.1) is 11.8 Å². The molecule has 61 heavy (non-hydrogen) atoms. The second kappa shape index (κ2) is 35.7. The highest BCUT2D eigenvalue weighted by molar-refractivity contribution is 7.45. The van der Waals surface area contributed by atoms with Gasteiger partial charge in [-0.2, -0.15) is 0 Å². The molecule has 0 aromatic rings. The lowest BCUT2D eigenvalue weighted by Crippen LogP contribution is -2.37. The maximum Gasteiger partial charge on any atom is 0.309 e. The number of phosphoric acid groups is 1. The molecule has 0 bridgehead atoms. The van der Waals surface area contributed by atoms with Crippen molar-refractivity contribution in [2.45, 2.75) is 212 Å². The molecule has 12 nitrogen and oxygen atoms in total. The molecule has 0 heterocycles. The average molecular weight is 888 g/mol. The van der Waals surface area contributed by atoms with Gasteiger partial charge in [0.1, 0.15) is 19.8 Å².